The molecule has 1 heterocycles. The zero-order valence-corrected chi connectivity index (χ0v) is 21.7. The van der Waals surface area contributed by atoms with Gasteiger partial charge in [0.1, 0.15) is 11.5 Å². The third-order valence-corrected chi connectivity index (χ3v) is 6.79. The van der Waals surface area contributed by atoms with Gasteiger partial charge in [0.05, 0.1) is 6.61 Å². The molecule has 0 aliphatic carbocycles. The van der Waals surface area contributed by atoms with Gasteiger partial charge in [-0.15, -0.1) is 13.2 Å². The fourth-order valence-corrected chi connectivity index (χ4v) is 4.83. The average Bonchev–Trinajstić information content (AvgIpc) is 2.92. The van der Waals surface area contributed by atoms with E-state index < -0.39 is 17.5 Å². The van der Waals surface area contributed by atoms with Gasteiger partial charge in [-0.2, -0.15) is 0 Å². The maximum Gasteiger partial charge on any atom is 0.573 e. The van der Waals surface area contributed by atoms with Crippen LogP contribution in [0.15, 0.2) is 84.9 Å². The quantitative estimate of drug-likeness (QED) is 0.337. The maximum absolute atomic E-state index is 13.4. The molecule has 39 heavy (non-hydrogen) atoms. The van der Waals surface area contributed by atoms with Crippen molar-refractivity contribution in [2.45, 2.75) is 32.2 Å². The number of alkyl halides is 3. The minimum Gasteiger partial charge on any atom is -0.493 e. The lowest BCUT2D eigenvalue weighted by Gasteiger charge is -2.43. The topological polar surface area (TPSA) is 59.1 Å². The van der Waals surface area contributed by atoms with E-state index in [9.17, 15) is 22.8 Å². The molecule has 1 unspecified atom stereocenters. The van der Waals surface area contributed by atoms with Crippen molar-refractivity contribution >= 4 is 11.8 Å². The van der Waals surface area contributed by atoms with Gasteiger partial charge in [-0.1, -0.05) is 48.5 Å². The highest BCUT2D eigenvalue weighted by Gasteiger charge is 2.41. The Morgan fingerprint density at radius 2 is 1.56 bits per heavy atom. The largest absolute Gasteiger partial charge is 0.573 e. The molecule has 1 aliphatic rings. The molecule has 9 heteroatoms. The summed E-state index contributed by atoms with van der Waals surface area (Å²) in [5, 5.41) is 0. The number of rotatable bonds is 9. The predicted octanol–water partition coefficient (Wildman–Crippen LogP) is 5.94. The van der Waals surface area contributed by atoms with E-state index in [0.717, 1.165) is 17.7 Å². The molecule has 0 aromatic heterocycles. The molecule has 206 valence electrons. The van der Waals surface area contributed by atoms with Crippen LogP contribution in [0.3, 0.4) is 0 Å². The van der Waals surface area contributed by atoms with Crippen molar-refractivity contribution in [2.24, 2.45) is 5.41 Å². The second-order valence-corrected chi connectivity index (χ2v) is 9.92. The Kier molecular flexibility index (Phi) is 8.79. The van der Waals surface area contributed by atoms with Gasteiger partial charge in [-0.25, -0.2) is 0 Å². The molecule has 6 nitrogen and oxygen atoms in total. The maximum atomic E-state index is 13.4. The molecule has 0 bridgehead atoms. The Balaban J connectivity index is 1.50. The summed E-state index contributed by atoms with van der Waals surface area (Å²) in [5.74, 6) is -0.0954. The summed E-state index contributed by atoms with van der Waals surface area (Å²) in [5.41, 5.74) is 0.628. The van der Waals surface area contributed by atoms with Crippen LogP contribution < -0.4 is 9.47 Å². The van der Waals surface area contributed by atoms with Gasteiger partial charge in [0.25, 0.3) is 5.91 Å². The molecule has 0 saturated carbocycles. The van der Waals surface area contributed by atoms with Crippen LogP contribution in [0, 0.1) is 5.41 Å². The molecule has 0 spiro atoms. The second-order valence-electron chi connectivity index (χ2n) is 9.92. The zero-order chi connectivity index (χ0) is 27.9. The van der Waals surface area contributed by atoms with Crippen LogP contribution in [0.1, 0.15) is 35.2 Å². The minimum absolute atomic E-state index is 0.0570. The van der Waals surface area contributed by atoms with E-state index in [4.69, 9.17) is 4.74 Å². The van der Waals surface area contributed by atoms with E-state index in [0.29, 0.717) is 31.7 Å². The first-order valence-electron chi connectivity index (χ1n) is 12.7. The average molecular weight is 541 g/mol. The molecule has 3 aromatic carbocycles. The van der Waals surface area contributed by atoms with Gasteiger partial charge >= 0.3 is 6.36 Å². The normalized spacial score (nSPS) is 17.4. The third-order valence-electron chi connectivity index (χ3n) is 6.79. The van der Waals surface area contributed by atoms with E-state index in [1.165, 1.54) is 12.1 Å². The number of hydrogen-bond acceptors (Lipinski definition) is 4. The predicted molar refractivity (Wildman–Crippen MR) is 140 cm³/mol. The zero-order valence-electron chi connectivity index (χ0n) is 21.7. The summed E-state index contributed by atoms with van der Waals surface area (Å²) in [4.78, 5) is 30.1. The molecule has 3 aromatic rings. The Hall–Kier alpha value is -4.01. The van der Waals surface area contributed by atoms with Gasteiger partial charge in [0.15, 0.2) is 0 Å². The molecule has 1 atom stereocenters. The smallest absolute Gasteiger partial charge is 0.493 e. The van der Waals surface area contributed by atoms with Crippen molar-refractivity contribution in [3.05, 3.63) is 96.1 Å². The molecular weight excluding hydrogens is 509 g/mol. The number of para-hydroxylation sites is 1. The number of carbonyl (C=O) groups is 2. The molecular formula is C30H31F3N2O4. The number of amides is 2. The number of likely N-dealkylation sites (tertiary alicyclic amines) is 1. The van der Waals surface area contributed by atoms with E-state index in [2.05, 4.69) is 4.74 Å². The van der Waals surface area contributed by atoms with Gasteiger partial charge in [-0.05, 0) is 54.8 Å². The highest BCUT2D eigenvalue weighted by Crippen LogP contribution is 2.36. The van der Waals surface area contributed by atoms with Crippen molar-refractivity contribution in [3.63, 3.8) is 0 Å². The first-order valence-corrected chi connectivity index (χ1v) is 12.7. The first-order chi connectivity index (χ1) is 18.6. The number of carbonyl (C=O) groups excluding carboxylic acids is 2. The van der Waals surface area contributed by atoms with Gasteiger partial charge < -0.3 is 19.3 Å². The minimum atomic E-state index is -4.81. The SMILES string of the molecule is CN(Cc1ccccc1)C(=O)CC1(COc2ccccc2)CCCN(C(=O)c2ccc(OC(F)(F)F)cc2)C1. The van der Waals surface area contributed by atoms with Crippen molar-refractivity contribution in [3.8, 4) is 11.5 Å². The molecule has 1 fully saturated rings. The first kappa shape index (κ1) is 28.0. The van der Waals surface area contributed by atoms with E-state index in [1.54, 1.807) is 16.8 Å². The number of hydrogen-bond donors (Lipinski definition) is 0. The standard InChI is InChI=1S/C30H31F3N2O4/c1-34(20-23-9-4-2-5-10-23)27(36)19-29(22-38-25-11-6-3-7-12-25)17-8-18-35(21-29)28(37)24-13-15-26(16-14-24)39-30(31,32)33/h2-7,9-16H,8,17-22H2,1H3. The van der Waals surface area contributed by atoms with Crippen LogP contribution >= 0.6 is 0 Å². The number of benzene rings is 3. The third kappa shape index (κ3) is 7.99. The second kappa shape index (κ2) is 12.2. The lowest BCUT2D eigenvalue weighted by molar-refractivity contribution is -0.274. The van der Waals surface area contributed by atoms with E-state index >= 15 is 0 Å². The van der Waals surface area contributed by atoms with Crippen molar-refractivity contribution in [1.29, 1.82) is 0 Å². The summed E-state index contributed by atoms with van der Waals surface area (Å²) in [6, 6.07) is 23.9. The Bertz CT molecular complexity index is 1240. The molecule has 1 saturated heterocycles. The van der Waals surface area contributed by atoms with Gasteiger partial charge in [-0.3, -0.25) is 9.59 Å². The summed E-state index contributed by atoms with van der Waals surface area (Å²) in [6.45, 7) is 1.46. The van der Waals surface area contributed by atoms with Gasteiger partial charge in [0, 0.05) is 44.1 Å². The molecule has 1 aliphatic heterocycles. The number of ether oxygens (including phenoxy) is 2. The van der Waals surface area contributed by atoms with Crippen LogP contribution in [-0.2, 0) is 11.3 Å². The highest BCUT2D eigenvalue weighted by atomic mass is 19.4. The Labute approximate surface area is 225 Å². The van der Waals surface area contributed by atoms with Gasteiger partial charge in [0.2, 0.25) is 5.91 Å². The summed E-state index contributed by atoms with van der Waals surface area (Å²) < 4.78 is 47.6. The fourth-order valence-electron chi connectivity index (χ4n) is 4.83. The highest BCUT2D eigenvalue weighted by molar-refractivity contribution is 5.94. The van der Waals surface area contributed by atoms with Crippen LogP contribution in [0.4, 0.5) is 13.2 Å². The number of piperidine rings is 1. The van der Waals surface area contributed by atoms with Crippen LogP contribution in [0.25, 0.3) is 0 Å². The lowest BCUT2D eigenvalue weighted by Crippen LogP contribution is -2.50. The molecule has 0 N–H and O–H groups in total. The lowest BCUT2D eigenvalue weighted by atomic mass is 9.77. The number of halogens is 3. The van der Waals surface area contributed by atoms with Crippen molar-refractivity contribution < 1.29 is 32.2 Å². The Morgan fingerprint density at radius 3 is 2.21 bits per heavy atom. The van der Waals surface area contributed by atoms with E-state index in [1.807, 2.05) is 60.7 Å². The molecule has 2 amide bonds. The van der Waals surface area contributed by atoms with Crippen molar-refractivity contribution in [2.75, 3.05) is 26.7 Å². The summed E-state index contributed by atoms with van der Waals surface area (Å²) in [6.07, 6.45) is -3.27. The number of nitrogens with zero attached hydrogens (tertiary/aromatic N) is 2. The monoisotopic (exact) mass is 540 g/mol. The molecule has 0 radical (unpaired) electrons. The molecule has 4 rings (SSSR count). The fraction of sp³-hybridized carbons (Fsp3) is 0.333. The summed E-state index contributed by atoms with van der Waals surface area (Å²) >= 11 is 0. The van der Waals surface area contributed by atoms with Crippen LogP contribution in [0.2, 0.25) is 0 Å². The van der Waals surface area contributed by atoms with Crippen molar-refractivity contribution in [1.82, 2.24) is 9.80 Å². The van der Waals surface area contributed by atoms with Crippen LogP contribution in [-0.4, -0.2) is 54.7 Å². The van der Waals surface area contributed by atoms with Crippen LogP contribution in [0.5, 0.6) is 11.5 Å². The summed E-state index contributed by atoms with van der Waals surface area (Å²) in [7, 11) is 1.76. The van der Waals surface area contributed by atoms with E-state index in [-0.39, 0.29) is 37.0 Å². The Morgan fingerprint density at radius 1 is 0.923 bits per heavy atom.